The van der Waals surface area contributed by atoms with Crippen molar-refractivity contribution < 1.29 is 19.5 Å². The molecule has 4 aromatic carbocycles. The molecule has 6 aromatic rings. The molecule has 57 heavy (non-hydrogen) atoms. The van der Waals surface area contributed by atoms with Gasteiger partial charge in [-0.1, -0.05) is 42.5 Å². The van der Waals surface area contributed by atoms with Crippen LogP contribution in [-0.4, -0.2) is 54.3 Å². The fraction of sp³-hybridized carbons (Fsp3) is 0.234. The number of nitriles is 1. The van der Waals surface area contributed by atoms with Crippen LogP contribution >= 0.6 is 0 Å². The summed E-state index contributed by atoms with van der Waals surface area (Å²) in [6.45, 7) is 7.22. The number of aromatic nitrogens is 2. The van der Waals surface area contributed by atoms with Crippen LogP contribution in [0.4, 0.5) is 11.4 Å². The molecule has 0 saturated heterocycles. The third-order valence-electron chi connectivity index (χ3n) is 11.9. The van der Waals surface area contributed by atoms with Gasteiger partial charge in [-0.15, -0.1) is 0 Å². The summed E-state index contributed by atoms with van der Waals surface area (Å²) in [7, 11) is 3.69. The molecule has 2 aliphatic heterocycles. The summed E-state index contributed by atoms with van der Waals surface area (Å²) in [4.78, 5) is 48.9. The van der Waals surface area contributed by atoms with E-state index in [9.17, 15) is 24.8 Å². The lowest BCUT2D eigenvalue weighted by molar-refractivity contribution is 0.0658. The second-order valence-corrected chi connectivity index (χ2v) is 15.2. The van der Waals surface area contributed by atoms with E-state index in [4.69, 9.17) is 0 Å². The number of carbonyl (C=O) groups is 3. The zero-order valence-corrected chi connectivity index (χ0v) is 32.8. The Balaban J connectivity index is 1.24. The Morgan fingerprint density at radius 2 is 1.46 bits per heavy atom. The second kappa shape index (κ2) is 14.7. The highest BCUT2D eigenvalue weighted by Crippen LogP contribution is 2.38. The summed E-state index contributed by atoms with van der Waals surface area (Å²) in [6, 6.07) is 33.7. The lowest BCUT2D eigenvalue weighted by Gasteiger charge is -2.36. The molecule has 10 nitrogen and oxygen atoms in total. The fourth-order valence-electron chi connectivity index (χ4n) is 8.32. The Labute approximate surface area is 332 Å². The van der Waals surface area contributed by atoms with E-state index in [1.807, 2.05) is 89.9 Å². The first-order valence-electron chi connectivity index (χ1n) is 19.2. The minimum Gasteiger partial charge on any atom is -0.508 e. The van der Waals surface area contributed by atoms with E-state index in [1.165, 1.54) is 17.7 Å². The zero-order valence-electron chi connectivity index (χ0n) is 32.8. The third-order valence-corrected chi connectivity index (χ3v) is 11.9. The molecule has 3 amide bonds. The molecule has 2 aromatic heterocycles. The number of fused-ring (bicyclic) bond motifs is 2. The average molecular weight is 757 g/mol. The first-order valence-corrected chi connectivity index (χ1v) is 19.2. The number of phenolic OH excluding ortho intramolecular Hbond substituents is 1. The number of nitrogens with zero attached hydrogens (tertiary/aromatic N) is 6. The highest BCUT2D eigenvalue weighted by molar-refractivity contribution is 6.13. The Hall–Kier alpha value is -6.86. The standard InChI is InChI=1S/C47H44N6O4/c1-29-21-33-13-9-10-14-35(33)28-52(29)46(56)42-23-36-27-51(45(55)32-11-7-6-8-12-32)20-19-34(36)22-41(42)44-25-40(30(2)50(44)5)47(57)53(37-15-17-39(54)18-16-37)43-24-38(26-48)49(4)31(43)3/h6-18,22-25,29,54H,19-21,27-28H2,1-5H3/t29-/m1/s1. The van der Waals surface area contributed by atoms with Gasteiger partial charge in [0.1, 0.15) is 17.5 Å². The lowest BCUT2D eigenvalue weighted by Crippen LogP contribution is -2.43. The maximum Gasteiger partial charge on any atom is 0.264 e. The average Bonchev–Trinajstić information content (AvgIpc) is 3.69. The maximum atomic E-state index is 15.0. The molecule has 1 atom stereocenters. The number of benzene rings is 4. The molecule has 0 saturated carbocycles. The van der Waals surface area contributed by atoms with E-state index in [0.717, 1.165) is 34.4 Å². The normalized spacial score (nSPS) is 14.8. The van der Waals surface area contributed by atoms with E-state index >= 15 is 0 Å². The van der Waals surface area contributed by atoms with E-state index < -0.39 is 0 Å². The van der Waals surface area contributed by atoms with Crippen molar-refractivity contribution in [3.8, 4) is 23.1 Å². The number of hydrogen-bond donors (Lipinski definition) is 1. The molecule has 1 N–H and O–H groups in total. The van der Waals surface area contributed by atoms with Gasteiger partial charge in [0.15, 0.2) is 0 Å². The minimum absolute atomic E-state index is 0.0468. The smallest absolute Gasteiger partial charge is 0.264 e. The van der Waals surface area contributed by atoms with Gasteiger partial charge in [-0.05, 0) is 117 Å². The molecule has 0 aliphatic carbocycles. The number of hydrogen-bond acceptors (Lipinski definition) is 5. The van der Waals surface area contributed by atoms with E-state index in [2.05, 4.69) is 31.2 Å². The first-order chi connectivity index (χ1) is 27.4. The van der Waals surface area contributed by atoms with Crippen molar-refractivity contribution in [3.63, 3.8) is 0 Å². The predicted molar refractivity (Wildman–Crippen MR) is 219 cm³/mol. The van der Waals surface area contributed by atoms with Crippen LogP contribution in [0, 0.1) is 25.2 Å². The Morgan fingerprint density at radius 1 is 0.754 bits per heavy atom. The van der Waals surface area contributed by atoms with E-state index in [1.54, 1.807) is 34.7 Å². The SMILES string of the molecule is Cc1c(N(C(=O)c2cc(-c3cc4c(cc3C(=O)N3Cc5ccccc5C[C@H]3C)CN(C(=O)c3ccccc3)CC4)n(C)c2C)c2ccc(O)cc2)cc(C#N)n1C. The summed E-state index contributed by atoms with van der Waals surface area (Å²) in [5, 5.41) is 20.0. The van der Waals surface area contributed by atoms with Crippen molar-refractivity contribution in [1.82, 2.24) is 18.9 Å². The summed E-state index contributed by atoms with van der Waals surface area (Å²) in [5.74, 6) is -0.409. The fourth-order valence-corrected chi connectivity index (χ4v) is 8.32. The van der Waals surface area contributed by atoms with Crippen LogP contribution in [0.1, 0.15) is 77.3 Å². The molecule has 4 heterocycles. The topological polar surface area (TPSA) is 115 Å². The van der Waals surface area contributed by atoms with E-state index in [-0.39, 0.29) is 29.5 Å². The Morgan fingerprint density at radius 3 is 2.16 bits per heavy atom. The van der Waals surface area contributed by atoms with Crippen LogP contribution in [-0.2, 0) is 40.0 Å². The number of rotatable bonds is 6. The molecule has 0 fully saturated rings. The molecule has 0 spiro atoms. The monoisotopic (exact) mass is 756 g/mol. The van der Waals surface area contributed by atoms with Gasteiger partial charge in [-0.2, -0.15) is 5.26 Å². The summed E-state index contributed by atoms with van der Waals surface area (Å²) in [6.07, 6.45) is 1.35. The minimum atomic E-state index is -0.319. The Bertz CT molecular complexity index is 2610. The number of aromatic hydroxyl groups is 1. The quantitative estimate of drug-likeness (QED) is 0.185. The van der Waals surface area contributed by atoms with Crippen LogP contribution in [0.25, 0.3) is 11.3 Å². The van der Waals surface area contributed by atoms with Gasteiger partial charge in [-0.25, -0.2) is 0 Å². The van der Waals surface area contributed by atoms with Crippen LogP contribution in [0.3, 0.4) is 0 Å². The highest BCUT2D eigenvalue weighted by atomic mass is 16.3. The van der Waals surface area contributed by atoms with Crippen molar-refractivity contribution in [2.75, 3.05) is 11.4 Å². The molecule has 0 bridgehead atoms. The maximum absolute atomic E-state index is 15.0. The van der Waals surface area contributed by atoms with Gasteiger partial charge in [0, 0.05) is 79.2 Å². The van der Waals surface area contributed by atoms with Crippen LogP contribution in [0.2, 0.25) is 0 Å². The molecule has 0 unspecified atom stereocenters. The van der Waals surface area contributed by atoms with Crippen molar-refractivity contribution in [2.24, 2.45) is 14.1 Å². The Kier molecular flexibility index (Phi) is 9.54. The van der Waals surface area contributed by atoms with Gasteiger partial charge in [-0.3, -0.25) is 19.3 Å². The van der Waals surface area contributed by atoms with Crippen LogP contribution in [0.5, 0.6) is 5.75 Å². The lowest BCUT2D eigenvalue weighted by atomic mass is 9.89. The van der Waals surface area contributed by atoms with Crippen molar-refractivity contribution in [3.05, 3.63) is 159 Å². The number of amides is 3. The molecule has 2 aliphatic rings. The largest absolute Gasteiger partial charge is 0.508 e. The van der Waals surface area contributed by atoms with Gasteiger partial charge >= 0.3 is 0 Å². The molecule has 286 valence electrons. The number of carbonyl (C=O) groups excluding carboxylic acids is 3. The van der Waals surface area contributed by atoms with Crippen molar-refractivity contribution in [1.29, 1.82) is 5.26 Å². The second-order valence-electron chi connectivity index (χ2n) is 15.2. The summed E-state index contributed by atoms with van der Waals surface area (Å²) < 4.78 is 3.71. The molecule has 10 heteroatoms. The van der Waals surface area contributed by atoms with E-state index in [0.29, 0.717) is 71.2 Å². The van der Waals surface area contributed by atoms with Crippen molar-refractivity contribution >= 4 is 29.1 Å². The van der Waals surface area contributed by atoms with Gasteiger partial charge in [0.2, 0.25) is 0 Å². The molecule has 0 radical (unpaired) electrons. The number of phenols is 1. The highest BCUT2D eigenvalue weighted by Gasteiger charge is 2.33. The number of anilines is 2. The summed E-state index contributed by atoms with van der Waals surface area (Å²) in [5.41, 5.74) is 10.2. The van der Waals surface area contributed by atoms with Crippen molar-refractivity contribution in [2.45, 2.75) is 52.7 Å². The molecular formula is C47H44N6O4. The zero-order chi connectivity index (χ0) is 40.1. The molecular weight excluding hydrogens is 713 g/mol. The van der Waals surface area contributed by atoms with Crippen LogP contribution in [0.15, 0.2) is 103 Å². The van der Waals surface area contributed by atoms with Gasteiger partial charge < -0.3 is 24.0 Å². The third kappa shape index (κ3) is 6.55. The van der Waals surface area contributed by atoms with Crippen LogP contribution < -0.4 is 4.90 Å². The van der Waals surface area contributed by atoms with Gasteiger partial charge in [0.25, 0.3) is 17.7 Å². The van der Waals surface area contributed by atoms with Gasteiger partial charge in [0.05, 0.1) is 11.3 Å². The molecule has 8 rings (SSSR count). The summed E-state index contributed by atoms with van der Waals surface area (Å²) >= 11 is 0. The predicted octanol–water partition coefficient (Wildman–Crippen LogP) is 7.99. The first kappa shape index (κ1) is 37.1.